The van der Waals surface area contributed by atoms with Crippen LogP contribution in [0.5, 0.6) is 0 Å². The first-order chi connectivity index (χ1) is 10.1. The molecule has 0 N–H and O–H groups in total. The van der Waals surface area contributed by atoms with Gasteiger partial charge in [-0.05, 0) is 24.5 Å². The summed E-state index contributed by atoms with van der Waals surface area (Å²) < 4.78 is 10.5. The zero-order valence-corrected chi connectivity index (χ0v) is 13.1. The van der Waals surface area contributed by atoms with Crippen LogP contribution >= 0.6 is 34.5 Å². The molecule has 0 aliphatic rings. The van der Waals surface area contributed by atoms with Crippen molar-refractivity contribution in [1.82, 2.24) is 9.36 Å². The van der Waals surface area contributed by atoms with Gasteiger partial charge in [0.05, 0.1) is 10.7 Å². The third-order valence-corrected chi connectivity index (χ3v) is 5.67. The zero-order chi connectivity index (χ0) is 14.6. The minimum absolute atomic E-state index is 0.252. The highest BCUT2D eigenvalue weighted by Gasteiger charge is 2.18. The van der Waals surface area contributed by atoms with Crippen molar-refractivity contribution in [3.8, 4) is 10.8 Å². The van der Waals surface area contributed by atoms with E-state index in [0.29, 0.717) is 25.8 Å². The molecule has 0 unspecified atom stereocenters. The van der Waals surface area contributed by atoms with E-state index < -0.39 is 5.63 Å². The van der Waals surface area contributed by atoms with Crippen molar-refractivity contribution in [2.75, 3.05) is 0 Å². The number of hydrogen-bond acceptors (Lipinski definition) is 6. The van der Waals surface area contributed by atoms with Gasteiger partial charge in [-0.25, -0.2) is 4.79 Å². The molecule has 0 amide bonds. The summed E-state index contributed by atoms with van der Waals surface area (Å²) in [6, 6.07) is 7.77. The summed E-state index contributed by atoms with van der Waals surface area (Å²) in [4.78, 5) is 17.7. The largest absolute Gasteiger partial charge is 0.402 e. The van der Waals surface area contributed by atoms with Gasteiger partial charge in [0.15, 0.2) is 4.83 Å². The van der Waals surface area contributed by atoms with Crippen molar-refractivity contribution in [2.45, 2.75) is 6.92 Å². The van der Waals surface area contributed by atoms with Crippen LogP contribution in [0.2, 0.25) is 5.02 Å². The van der Waals surface area contributed by atoms with Gasteiger partial charge in [0.25, 0.3) is 0 Å². The summed E-state index contributed by atoms with van der Waals surface area (Å²) in [5.74, 6) is 0.252. The van der Waals surface area contributed by atoms with E-state index in [2.05, 4.69) is 9.36 Å². The zero-order valence-electron chi connectivity index (χ0n) is 10.7. The number of benzene rings is 1. The summed E-state index contributed by atoms with van der Waals surface area (Å²) in [7, 11) is 0. The maximum absolute atomic E-state index is 12.1. The maximum Gasteiger partial charge on any atom is 0.349 e. The van der Waals surface area contributed by atoms with Gasteiger partial charge in [-0.2, -0.15) is 9.36 Å². The predicted octanol–water partition coefficient (Wildman–Crippen LogP) is 4.49. The topological polar surface area (TPSA) is 56.0 Å². The van der Waals surface area contributed by atoms with E-state index >= 15 is 0 Å². The van der Waals surface area contributed by atoms with Crippen LogP contribution in [0.1, 0.15) is 5.69 Å². The highest BCUT2D eigenvalue weighted by atomic mass is 35.5. The Morgan fingerprint density at radius 3 is 2.90 bits per heavy atom. The molecule has 0 aliphatic heterocycles. The van der Waals surface area contributed by atoms with Crippen LogP contribution in [0, 0.1) is 6.92 Å². The minimum atomic E-state index is -0.422. The van der Waals surface area contributed by atoms with Crippen molar-refractivity contribution in [2.24, 2.45) is 0 Å². The first-order valence-electron chi connectivity index (χ1n) is 6.09. The molecule has 4 rings (SSSR count). The fourth-order valence-electron chi connectivity index (χ4n) is 2.17. The molecule has 3 heterocycles. The van der Waals surface area contributed by atoms with Gasteiger partial charge in [0.2, 0.25) is 5.89 Å². The van der Waals surface area contributed by atoms with E-state index in [4.69, 9.17) is 16.0 Å². The Morgan fingerprint density at radius 2 is 2.10 bits per heavy atom. The molecule has 4 nitrogen and oxygen atoms in total. The molecule has 0 fully saturated rings. The molecule has 0 aliphatic carbocycles. The molecule has 0 saturated heterocycles. The van der Waals surface area contributed by atoms with E-state index in [0.717, 1.165) is 10.1 Å². The Kier molecular flexibility index (Phi) is 2.85. The van der Waals surface area contributed by atoms with Gasteiger partial charge >= 0.3 is 5.63 Å². The predicted molar refractivity (Wildman–Crippen MR) is 86.5 cm³/mol. The average Bonchev–Trinajstić information content (AvgIpc) is 3.01. The quantitative estimate of drug-likeness (QED) is 0.514. The van der Waals surface area contributed by atoms with Gasteiger partial charge in [-0.1, -0.05) is 29.8 Å². The first kappa shape index (κ1) is 12.9. The lowest BCUT2D eigenvalue weighted by Gasteiger charge is -1.96. The Hall–Kier alpha value is -1.76. The summed E-state index contributed by atoms with van der Waals surface area (Å²) in [5.41, 5.74) is 0.222. The first-order valence-corrected chi connectivity index (χ1v) is 8.06. The van der Waals surface area contributed by atoms with Gasteiger partial charge in [0.1, 0.15) is 10.3 Å². The van der Waals surface area contributed by atoms with Crippen LogP contribution in [-0.2, 0) is 0 Å². The van der Waals surface area contributed by atoms with E-state index in [-0.39, 0.29) is 5.89 Å². The Bertz CT molecular complexity index is 1050. The van der Waals surface area contributed by atoms with Crippen LogP contribution in [0.25, 0.3) is 31.1 Å². The molecular weight excluding hydrogens is 328 g/mol. The van der Waals surface area contributed by atoms with Gasteiger partial charge in [0, 0.05) is 10.1 Å². The highest BCUT2D eigenvalue weighted by Crippen LogP contribution is 2.41. The number of nitrogens with zero attached hydrogens (tertiary/aromatic N) is 2. The molecule has 104 valence electrons. The second-order valence-electron chi connectivity index (χ2n) is 4.50. The van der Waals surface area contributed by atoms with E-state index in [1.807, 2.05) is 24.3 Å². The number of aryl methyl sites for hydroxylation is 1. The summed E-state index contributed by atoms with van der Waals surface area (Å²) >= 11 is 9.04. The maximum atomic E-state index is 12.1. The number of aromatic nitrogens is 2. The molecule has 4 aromatic rings. The molecule has 7 heteroatoms. The molecule has 0 radical (unpaired) electrons. The third-order valence-electron chi connectivity index (χ3n) is 3.17. The summed E-state index contributed by atoms with van der Waals surface area (Å²) in [6.07, 6.45) is 0. The molecule has 0 spiro atoms. The normalized spacial score (nSPS) is 11.5. The Morgan fingerprint density at radius 1 is 1.29 bits per heavy atom. The number of rotatable bonds is 1. The van der Waals surface area contributed by atoms with Gasteiger partial charge in [-0.3, -0.25) is 0 Å². The number of fused-ring (bicyclic) bond motifs is 2. The molecule has 0 atom stereocenters. The fourth-order valence-corrected chi connectivity index (χ4v) is 4.37. The van der Waals surface area contributed by atoms with Gasteiger partial charge < -0.3 is 4.42 Å². The summed E-state index contributed by atoms with van der Waals surface area (Å²) in [5, 5.41) is 1.94. The van der Waals surface area contributed by atoms with Gasteiger partial charge in [-0.15, -0.1) is 11.3 Å². The van der Waals surface area contributed by atoms with E-state index in [1.165, 1.54) is 22.9 Å². The van der Waals surface area contributed by atoms with Crippen LogP contribution in [0.15, 0.2) is 33.5 Å². The number of hydrogen-bond donors (Lipinski definition) is 0. The lowest BCUT2D eigenvalue weighted by molar-refractivity contribution is 0.520. The SMILES string of the molecule is Cc1nsc2nc(-c3sc4ccccc4c3Cl)oc(=O)c12. The van der Waals surface area contributed by atoms with E-state index in [9.17, 15) is 4.79 Å². The highest BCUT2D eigenvalue weighted by molar-refractivity contribution is 7.23. The molecule has 1 aromatic carbocycles. The van der Waals surface area contributed by atoms with Crippen LogP contribution in [0.4, 0.5) is 0 Å². The minimum Gasteiger partial charge on any atom is -0.402 e. The lowest BCUT2D eigenvalue weighted by Crippen LogP contribution is -2.01. The monoisotopic (exact) mass is 334 g/mol. The summed E-state index contributed by atoms with van der Waals surface area (Å²) in [6.45, 7) is 1.77. The lowest BCUT2D eigenvalue weighted by atomic mass is 10.2. The van der Waals surface area contributed by atoms with Crippen molar-refractivity contribution < 1.29 is 4.42 Å². The van der Waals surface area contributed by atoms with Crippen molar-refractivity contribution in [3.05, 3.63) is 45.4 Å². The Labute approximate surface area is 131 Å². The number of thiophene rings is 1. The van der Waals surface area contributed by atoms with Crippen molar-refractivity contribution >= 4 is 54.8 Å². The number of halogens is 1. The van der Waals surface area contributed by atoms with Crippen LogP contribution in [-0.4, -0.2) is 9.36 Å². The van der Waals surface area contributed by atoms with Crippen LogP contribution < -0.4 is 5.63 Å². The standard InChI is InChI=1S/C14H7ClN2O2S2/c1-6-9-13(21-17-6)16-12(19-14(9)18)11-10(15)7-4-2-3-5-8(7)20-11/h2-5H,1H3. The van der Waals surface area contributed by atoms with Crippen molar-refractivity contribution in [3.63, 3.8) is 0 Å². The van der Waals surface area contributed by atoms with E-state index in [1.54, 1.807) is 6.92 Å². The molecular formula is C14H7ClN2O2S2. The molecule has 21 heavy (non-hydrogen) atoms. The second-order valence-corrected chi connectivity index (χ2v) is 6.68. The molecule has 0 bridgehead atoms. The molecule has 0 saturated carbocycles. The smallest absolute Gasteiger partial charge is 0.349 e. The van der Waals surface area contributed by atoms with Crippen molar-refractivity contribution in [1.29, 1.82) is 0 Å². The van der Waals surface area contributed by atoms with Crippen LogP contribution in [0.3, 0.4) is 0 Å². The molecule has 3 aromatic heterocycles. The fraction of sp³-hybridized carbons (Fsp3) is 0.0714. The Balaban J connectivity index is 2.04. The third kappa shape index (κ3) is 1.91. The average molecular weight is 335 g/mol. The second kappa shape index (κ2) is 4.62.